The SMILES string of the molecule is C[C@H](N[C@H](C)c1nc(-c2cccnc2)cs1)C(=O)c1c(N)n(C)c(=O)n(C)c1=O. The summed E-state index contributed by atoms with van der Waals surface area (Å²) < 4.78 is 1.96. The van der Waals surface area contributed by atoms with Crippen LogP contribution in [0.1, 0.15) is 35.3 Å². The van der Waals surface area contributed by atoms with Crippen LogP contribution in [0.3, 0.4) is 0 Å². The lowest BCUT2D eigenvalue weighted by Crippen LogP contribution is -2.45. The zero-order chi connectivity index (χ0) is 21.3. The van der Waals surface area contributed by atoms with Gasteiger partial charge in [0.25, 0.3) is 5.56 Å². The van der Waals surface area contributed by atoms with Crippen molar-refractivity contribution in [2.45, 2.75) is 25.9 Å². The maximum atomic E-state index is 12.9. The van der Waals surface area contributed by atoms with Crippen molar-refractivity contribution in [3.05, 3.63) is 61.3 Å². The third-order valence-electron chi connectivity index (χ3n) is 4.70. The normalized spacial score (nSPS) is 13.2. The molecular formula is C19H22N6O3S. The Labute approximate surface area is 170 Å². The zero-order valence-corrected chi connectivity index (χ0v) is 17.4. The second-order valence-electron chi connectivity index (χ2n) is 6.75. The quantitative estimate of drug-likeness (QED) is 0.579. The van der Waals surface area contributed by atoms with Crippen LogP contribution in [0.15, 0.2) is 39.5 Å². The molecule has 2 atom stereocenters. The summed E-state index contributed by atoms with van der Waals surface area (Å²) in [5, 5.41) is 5.88. The fourth-order valence-electron chi connectivity index (χ4n) is 2.96. The van der Waals surface area contributed by atoms with Gasteiger partial charge in [-0.1, -0.05) is 0 Å². The number of anilines is 1. The van der Waals surface area contributed by atoms with Crippen molar-refractivity contribution in [3.63, 3.8) is 0 Å². The van der Waals surface area contributed by atoms with Crippen LogP contribution in [0.4, 0.5) is 5.82 Å². The Morgan fingerprint density at radius 3 is 2.62 bits per heavy atom. The van der Waals surface area contributed by atoms with Gasteiger partial charge in [0, 0.05) is 37.4 Å². The number of nitrogens with one attached hydrogen (secondary N) is 1. The Morgan fingerprint density at radius 1 is 1.24 bits per heavy atom. The van der Waals surface area contributed by atoms with Crippen molar-refractivity contribution in [2.75, 3.05) is 5.73 Å². The molecule has 0 bridgehead atoms. The Bertz CT molecular complexity index is 1160. The predicted molar refractivity (Wildman–Crippen MR) is 112 cm³/mol. The molecule has 9 nitrogen and oxygen atoms in total. The third-order valence-corrected chi connectivity index (χ3v) is 5.73. The van der Waals surface area contributed by atoms with Gasteiger partial charge in [0.05, 0.1) is 17.8 Å². The molecule has 0 radical (unpaired) electrons. The first kappa shape index (κ1) is 20.6. The van der Waals surface area contributed by atoms with E-state index in [1.165, 1.54) is 25.4 Å². The first-order valence-corrected chi connectivity index (χ1v) is 9.82. The van der Waals surface area contributed by atoms with Gasteiger partial charge in [-0.25, -0.2) is 9.78 Å². The zero-order valence-electron chi connectivity index (χ0n) is 16.5. The summed E-state index contributed by atoms with van der Waals surface area (Å²) in [5.41, 5.74) is 6.12. The number of nitrogens with two attached hydrogens (primary N) is 1. The fraction of sp³-hybridized carbons (Fsp3) is 0.316. The Kier molecular flexibility index (Phi) is 5.76. The first-order chi connectivity index (χ1) is 13.7. The Morgan fingerprint density at radius 2 is 1.97 bits per heavy atom. The number of rotatable bonds is 6. The summed E-state index contributed by atoms with van der Waals surface area (Å²) in [7, 11) is 2.74. The second kappa shape index (κ2) is 8.10. The summed E-state index contributed by atoms with van der Waals surface area (Å²) >= 11 is 1.47. The van der Waals surface area contributed by atoms with E-state index in [1.54, 1.807) is 19.3 Å². The lowest BCUT2D eigenvalue weighted by molar-refractivity contribution is 0.0943. The summed E-state index contributed by atoms with van der Waals surface area (Å²) in [6.45, 7) is 3.54. The highest BCUT2D eigenvalue weighted by atomic mass is 32.1. The average molecular weight is 414 g/mol. The molecular weight excluding hydrogens is 392 g/mol. The molecule has 0 aliphatic heterocycles. The molecule has 29 heavy (non-hydrogen) atoms. The lowest BCUT2D eigenvalue weighted by atomic mass is 10.1. The number of carbonyl (C=O) groups excluding carboxylic acids is 1. The van der Waals surface area contributed by atoms with Crippen molar-refractivity contribution in [3.8, 4) is 11.3 Å². The first-order valence-electron chi connectivity index (χ1n) is 8.94. The number of ketones is 1. The van der Waals surface area contributed by atoms with Gasteiger partial charge in [-0.15, -0.1) is 11.3 Å². The molecule has 0 saturated heterocycles. The molecule has 0 fully saturated rings. The van der Waals surface area contributed by atoms with Crippen LogP contribution in [0.25, 0.3) is 11.3 Å². The van der Waals surface area contributed by atoms with Crippen LogP contribution in [0.2, 0.25) is 0 Å². The molecule has 3 rings (SSSR count). The maximum Gasteiger partial charge on any atom is 0.332 e. The third kappa shape index (κ3) is 3.89. The number of carbonyl (C=O) groups is 1. The number of aromatic nitrogens is 4. The van der Waals surface area contributed by atoms with E-state index < -0.39 is 23.1 Å². The minimum atomic E-state index is -0.705. The summed E-state index contributed by atoms with van der Waals surface area (Å²) in [6, 6.07) is 2.83. The van der Waals surface area contributed by atoms with E-state index >= 15 is 0 Å². The van der Waals surface area contributed by atoms with E-state index in [9.17, 15) is 14.4 Å². The summed E-state index contributed by atoms with van der Waals surface area (Å²) in [6.07, 6.45) is 3.44. The van der Waals surface area contributed by atoms with Crippen molar-refractivity contribution >= 4 is 22.9 Å². The highest BCUT2D eigenvalue weighted by Crippen LogP contribution is 2.25. The molecule has 0 saturated carbocycles. The van der Waals surface area contributed by atoms with Gasteiger partial charge >= 0.3 is 5.69 Å². The molecule has 3 aromatic rings. The smallest absolute Gasteiger partial charge is 0.332 e. The molecule has 0 aliphatic rings. The topological polar surface area (TPSA) is 125 Å². The second-order valence-corrected chi connectivity index (χ2v) is 7.64. The van der Waals surface area contributed by atoms with Gasteiger partial charge in [-0.05, 0) is 26.0 Å². The molecule has 0 aliphatic carbocycles. The van der Waals surface area contributed by atoms with Crippen molar-refractivity contribution in [2.24, 2.45) is 14.1 Å². The van der Waals surface area contributed by atoms with Crippen molar-refractivity contribution in [1.29, 1.82) is 0 Å². The number of nitrogen functional groups attached to an aromatic ring is 1. The van der Waals surface area contributed by atoms with E-state index in [1.807, 2.05) is 24.4 Å². The molecule has 3 heterocycles. The van der Waals surface area contributed by atoms with E-state index in [4.69, 9.17) is 5.73 Å². The Hall–Kier alpha value is -3.11. The number of pyridine rings is 1. The van der Waals surface area contributed by atoms with E-state index in [2.05, 4.69) is 15.3 Å². The average Bonchev–Trinajstić information content (AvgIpc) is 3.22. The molecule has 152 valence electrons. The van der Waals surface area contributed by atoms with Gasteiger partial charge in [0.2, 0.25) is 0 Å². The van der Waals surface area contributed by atoms with E-state index in [0.717, 1.165) is 25.4 Å². The molecule has 0 spiro atoms. The standard InChI is InChI=1S/C19H22N6O3S/c1-10(15(26)14-16(20)24(3)19(28)25(4)18(14)27)22-11(2)17-23-13(9-29-17)12-6-5-7-21-8-12/h5-11,22H,20H2,1-4H3/t10-,11+/m0/s1. The van der Waals surface area contributed by atoms with Crippen LogP contribution in [-0.4, -0.2) is 30.9 Å². The molecule has 3 aromatic heterocycles. The van der Waals surface area contributed by atoms with Crippen molar-refractivity contribution < 1.29 is 4.79 Å². The van der Waals surface area contributed by atoms with Crippen LogP contribution in [0, 0.1) is 0 Å². The number of hydrogen-bond donors (Lipinski definition) is 2. The maximum absolute atomic E-state index is 12.9. The predicted octanol–water partition coefficient (Wildman–Crippen LogP) is 1.11. The Balaban J connectivity index is 1.81. The van der Waals surface area contributed by atoms with E-state index in [-0.39, 0.29) is 17.4 Å². The number of hydrogen-bond acceptors (Lipinski definition) is 8. The number of Topliss-reactive ketones (excluding diaryl/α,β-unsaturated/α-hetero) is 1. The minimum Gasteiger partial charge on any atom is -0.384 e. The highest BCUT2D eigenvalue weighted by Gasteiger charge is 2.26. The van der Waals surface area contributed by atoms with Crippen LogP contribution in [0.5, 0.6) is 0 Å². The van der Waals surface area contributed by atoms with Gasteiger partial charge in [-0.2, -0.15) is 0 Å². The van der Waals surface area contributed by atoms with Crippen molar-refractivity contribution in [1.82, 2.24) is 24.4 Å². The molecule has 3 N–H and O–H groups in total. The minimum absolute atomic E-state index is 0.141. The molecule has 0 amide bonds. The lowest BCUT2D eigenvalue weighted by Gasteiger charge is -2.19. The van der Waals surface area contributed by atoms with Gasteiger partial charge in [-0.3, -0.25) is 29.0 Å². The summed E-state index contributed by atoms with van der Waals surface area (Å²) in [4.78, 5) is 46.0. The molecule has 0 aromatic carbocycles. The monoisotopic (exact) mass is 414 g/mol. The van der Waals surface area contributed by atoms with Crippen LogP contribution < -0.4 is 22.3 Å². The molecule has 0 unspecified atom stereocenters. The summed E-state index contributed by atoms with van der Waals surface area (Å²) in [5.74, 6) is -0.618. The van der Waals surface area contributed by atoms with Crippen LogP contribution in [-0.2, 0) is 14.1 Å². The van der Waals surface area contributed by atoms with Gasteiger partial charge in [0.15, 0.2) is 5.78 Å². The fourth-order valence-corrected chi connectivity index (χ4v) is 3.81. The highest BCUT2D eigenvalue weighted by molar-refractivity contribution is 7.10. The van der Waals surface area contributed by atoms with Gasteiger partial charge in [0.1, 0.15) is 16.4 Å². The largest absolute Gasteiger partial charge is 0.384 e. The van der Waals surface area contributed by atoms with Crippen LogP contribution >= 0.6 is 11.3 Å². The number of thiazole rings is 1. The molecule has 10 heteroatoms. The number of nitrogens with zero attached hydrogens (tertiary/aromatic N) is 4. The van der Waals surface area contributed by atoms with E-state index in [0.29, 0.717) is 0 Å². The van der Waals surface area contributed by atoms with Gasteiger partial charge < -0.3 is 5.73 Å².